The molecule has 1 aliphatic rings. The predicted molar refractivity (Wildman–Crippen MR) is 83.5 cm³/mol. The van der Waals surface area contributed by atoms with Crippen LogP contribution in [-0.4, -0.2) is 54.0 Å². The number of hydrogen-bond acceptors (Lipinski definition) is 4. The number of nitrogens with two attached hydrogens (primary N) is 1. The molecule has 112 valence electrons. The van der Waals surface area contributed by atoms with Crippen LogP contribution in [0.3, 0.4) is 0 Å². The van der Waals surface area contributed by atoms with Crippen LogP contribution in [0.1, 0.15) is 39.5 Å². The van der Waals surface area contributed by atoms with Crippen LogP contribution in [0.5, 0.6) is 0 Å². The van der Waals surface area contributed by atoms with E-state index in [0.717, 1.165) is 38.2 Å². The highest BCUT2D eigenvalue weighted by Gasteiger charge is 2.33. The summed E-state index contributed by atoms with van der Waals surface area (Å²) in [5.41, 5.74) is 5.72. The number of nitrogens with zero attached hydrogens (tertiary/aromatic N) is 1. The van der Waals surface area contributed by atoms with Crippen LogP contribution in [-0.2, 0) is 4.79 Å². The van der Waals surface area contributed by atoms with E-state index < -0.39 is 0 Å². The number of carbonyl (C=O) groups excluding carboxylic acids is 1. The van der Waals surface area contributed by atoms with Crippen LogP contribution >= 0.6 is 11.8 Å². The third-order valence-electron chi connectivity index (χ3n) is 4.04. The van der Waals surface area contributed by atoms with Crippen molar-refractivity contribution in [3.63, 3.8) is 0 Å². The van der Waals surface area contributed by atoms with E-state index in [1.54, 1.807) is 11.8 Å². The smallest absolute Gasteiger partial charge is 0.230 e. The molecule has 0 radical (unpaired) electrons. The molecule has 5 heteroatoms. The van der Waals surface area contributed by atoms with Crippen molar-refractivity contribution < 1.29 is 4.79 Å². The first-order valence-corrected chi connectivity index (χ1v) is 8.62. The van der Waals surface area contributed by atoms with Crippen LogP contribution in [0.4, 0.5) is 0 Å². The molecular formula is C14H29N3OS. The van der Waals surface area contributed by atoms with Crippen molar-refractivity contribution >= 4 is 17.7 Å². The molecule has 0 aromatic rings. The number of rotatable bonds is 9. The maximum absolute atomic E-state index is 11.9. The van der Waals surface area contributed by atoms with Gasteiger partial charge in [-0.2, -0.15) is 11.8 Å². The molecule has 0 aromatic carbocycles. The summed E-state index contributed by atoms with van der Waals surface area (Å²) in [7, 11) is 0. The van der Waals surface area contributed by atoms with Crippen LogP contribution < -0.4 is 11.1 Å². The summed E-state index contributed by atoms with van der Waals surface area (Å²) in [4.78, 5) is 14.3. The van der Waals surface area contributed by atoms with Gasteiger partial charge in [-0.25, -0.2) is 0 Å². The Labute approximate surface area is 121 Å². The maximum atomic E-state index is 11.9. The molecule has 4 nitrogen and oxygen atoms in total. The summed E-state index contributed by atoms with van der Waals surface area (Å²) in [5.74, 6) is 1.73. The summed E-state index contributed by atoms with van der Waals surface area (Å²) in [6.07, 6.45) is 4.46. The number of amides is 1. The van der Waals surface area contributed by atoms with Gasteiger partial charge in [0.05, 0.1) is 11.3 Å². The molecule has 0 unspecified atom stereocenters. The Balaban J connectivity index is 2.17. The third-order valence-corrected chi connectivity index (χ3v) is 4.97. The Morgan fingerprint density at radius 1 is 1.32 bits per heavy atom. The molecule has 0 aliphatic heterocycles. The van der Waals surface area contributed by atoms with Crippen molar-refractivity contribution in [2.75, 3.05) is 37.7 Å². The minimum atomic E-state index is -0.101. The van der Waals surface area contributed by atoms with E-state index >= 15 is 0 Å². The molecule has 0 spiro atoms. The highest BCUT2D eigenvalue weighted by atomic mass is 32.2. The lowest BCUT2D eigenvalue weighted by Gasteiger charge is -2.28. The van der Waals surface area contributed by atoms with Crippen molar-refractivity contribution in [3.05, 3.63) is 0 Å². The zero-order valence-electron chi connectivity index (χ0n) is 12.4. The van der Waals surface area contributed by atoms with Gasteiger partial charge in [-0.05, 0) is 25.9 Å². The molecule has 0 saturated heterocycles. The predicted octanol–water partition coefficient (Wildman–Crippen LogP) is 1.45. The standard InChI is InChI=1S/C14H29N3OS/c1-3-17(4-2)9-10-19-11-13(18)16-14(12-15)7-5-6-8-14/h3-12,15H2,1-2H3,(H,16,18). The lowest BCUT2D eigenvalue weighted by Crippen LogP contribution is -2.52. The van der Waals surface area contributed by atoms with Crippen molar-refractivity contribution in [2.45, 2.75) is 45.1 Å². The molecule has 1 amide bonds. The summed E-state index contributed by atoms with van der Waals surface area (Å²) in [6.45, 7) is 8.15. The normalized spacial score (nSPS) is 17.9. The van der Waals surface area contributed by atoms with Gasteiger partial charge in [-0.3, -0.25) is 4.79 Å². The fourth-order valence-corrected chi connectivity index (χ4v) is 3.45. The van der Waals surface area contributed by atoms with E-state index in [4.69, 9.17) is 5.73 Å². The van der Waals surface area contributed by atoms with Crippen LogP contribution in [0.2, 0.25) is 0 Å². The van der Waals surface area contributed by atoms with Crippen molar-refractivity contribution in [1.82, 2.24) is 10.2 Å². The van der Waals surface area contributed by atoms with Gasteiger partial charge in [0.15, 0.2) is 0 Å². The van der Waals surface area contributed by atoms with E-state index in [2.05, 4.69) is 24.1 Å². The second-order valence-electron chi connectivity index (χ2n) is 5.32. The van der Waals surface area contributed by atoms with Gasteiger partial charge in [0, 0.05) is 18.8 Å². The molecule has 3 N–H and O–H groups in total. The van der Waals surface area contributed by atoms with Gasteiger partial charge in [-0.15, -0.1) is 0 Å². The average molecular weight is 287 g/mol. The number of carbonyl (C=O) groups is 1. The summed E-state index contributed by atoms with van der Waals surface area (Å²) in [6, 6.07) is 0. The Hall–Kier alpha value is -0.260. The van der Waals surface area contributed by atoms with Crippen LogP contribution in [0.15, 0.2) is 0 Å². The second-order valence-corrected chi connectivity index (χ2v) is 6.42. The van der Waals surface area contributed by atoms with E-state index in [-0.39, 0.29) is 11.4 Å². The average Bonchev–Trinajstić information content (AvgIpc) is 2.88. The second kappa shape index (κ2) is 8.82. The third kappa shape index (κ3) is 5.71. The molecule has 0 aromatic heterocycles. The van der Waals surface area contributed by atoms with Gasteiger partial charge < -0.3 is 16.0 Å². The first-order valence-electron chi connectivity index (χ1n) is 7.47. The molecule has 0 heterocycles. The first-order chi connectivity index (χ1) is 9.15. The molecule has 1 rings (SSSR count). The zero-order chi connectivity index (χ0) is 14.1. The van der Waals surface area contributed by atoms with E-state index in [9.17, 15) is 4.79 Å². The summed E-state index contributed by atoms with van der Waals surface area (Å²) < 4.78 is 0. The van der Waals surface area contributed by atoms with Gasteiger partial charge >= 0.3 is 0 Å². The highest BCUT2D eigenvalue weighted by Crippen LogP contribution is 2.28. The molecule has 19 heavy (non-hydrogen) atoms. The largest absolute Gasteiger partial charge is 0.349 e. The van der Waals surface area contributed by atoms with Gasteiger partial charge in [0.2, 0.25) is 5.91 Å². The van der Waals surface area contributed by atoms with Gasteiger partial charge in [0.25, 0.3) is 0 Å². The van der Waals surface area contributed by atoms with E-state index in [1.165, 1.54) is 12.8 Å². The zero-order valence-corrected chi connectivity index (χ0v) is 13.2. The quantitative estimate of drug-likeness (QED) is 0.630. The number of hydrogen-bond donors (Lipinski definition) is 2. The molecule has 0 bridgehead atoms. The minimum absolute atomic E-state index is 0.101. The van der Waals surface area contributed by atoms with Crippen LogP contribution in [0.25, 0.3) is 0 Å². The van der Waals surface area contributed by atoms with E-state index in [0.29, 0.717) is 12.3 Å². The Morgan fingerprint density at radius 2 is 1.95 bits per heavy atom. The summed E-state index contributed by atoms with van der Waals surface area (Å²) >= 11 is 1.72. The topological polar surface area (TPSA) is 58.4 Å². The SMILES string of the molecule is CCN(CC)CCSCC(=O)NC1(CN)CCCC1. The monoisotopic (exact) mass is 287 g/mol. The maximum Gasteiger partial charge on any atom is 0.230 e. The fourth-order valence-electron chi connectivity index (χ4n) is 2.66. The minimum Gasteiger partial charge on any atom is -0.349 e. The number of thioether (sulfide) groups is 1. The van der Waals surface area contributed by atoms with Crippen molar-refractivity contribution in [1.29, 1.82) is 0 Å². The van der Waals surface area contributed by atoms with Gasteiger partial charge in [-0.1, -0.05) is 26.7 Å². The lowest BCUT2D eigenvalue weighted by atomic mass is 9.98. The van der Waals surface area contributed by atoms with Crippen molar-refractivity contribution in [3.8, 4) is 0 Å². The Kier molecular flexibility index (Phi) is 7.80. The van der Waals surface area contributed by atoms with E-state index in [1.807, 2.05) is 0 Å². The number of nitrogens with one attached hydrogen (secondary N) is 1. The lowest BCUT2D eigenvalue weighted by molar-refractivity contribution is -0.120. The molecular weight excluding hydrogens is 258 g/mol. The van der Waals surface area contributed by atoms with Crippen LogP contribution in [0, 0.1) is 0 Å². The highest BCUT2D eigenvalue weighted by molar-refractivity contribution is 7.99. The van der Waals surface area contributed by atoms with Gasteiger partial charge in [0.1, 0.15) is 0 Å². The Bertz CT molecular complexity index is 263. The molecule has 1 saturated carbocycles. The summed E-state index contributed by atoms with van der Waals surface area (Å²) in [5, 5.41) is 3.16. The molecule has 1 aliphatic carbocycles. The molecule has 0 atom stereocenters. The Morgan fingerprint density at radius 3 is 2.47 bits per heavy atom. The van der Waals surface area contributed by atoms with Crippen molar-refractivity contribution in [2.24, 2.45) is 5.73 Å². The first kappa shape index (κ1) is 16.8. The molecule has 1 fully saturated rings. The fraction of sp³-hybridized carbons (Fsp3) is 0.929.